The van der Waals surface area contributed by atoms with Crippen LogP contribution in [0.5, 0.6) is 11.5 Å². The number of nitrogens with zero attached hydrogens (tertiary/aromatic N) is 1. The zero-order valence-electron chi connectivity index (χ0n) is 13.4. The molecule has 2 rings (SSSR count). The first-order valence-electron chi connectivity index (χ1n) is 7.97. The fraction of sp³-hybridized carbons (Fsp3) is 0.647. The number of hydrogen-bond donors (Lipinski definition) is 1. The summed E-state index contributed by atoms with van der Waals surface area (Å²) in [7, 11) is 3.35. The van der Waals surface area contributed by atoms with Crippen LogP contribution in [0.2, 0.25) is 0 Å². The summed E-state index contributed by atoms with van der Waals surface area (Å²) >= 11 is 0. The van der Waals surface area contributed by atoms with Gasteiger partial charge < -0.3 is 19.7 Å². The monoisotopic (exact) mass is 292 g/mol. The first-order chi connectivity index (χ1) is 10.3. The minimum absolute atomic E-state index is 0.791. The van der Waals surface area contributed by atoms with Crippen LogP contribution >= 0.6 is 0 Å². The number of likely N-dealkylation sites (tertiary alicyclic amines) is 1. The normalized spacial score (nSPS) is 15.9. The Kier molecular flexibility index (Phi) is 6.83. The average molecular weight is 292 g/mol. The minimum Gasteiger partial charge on any atom is -0.493 e. The molecule has 1 aromatic carbocycles. The van der Waals surface area contributed by atoms with Crippen molar-refractivity contribution in [3.05, 3.63) is 23.8 Å². The summed E-state index contributed by atoms with van der Waals surface area (Å²) in [4.78, 5) is 2.56. The van der Waals surface area contributed by atoms with Gasteiger partial charge in [0, 0.05) is 13.1 Å². The van der Waals surface area contributed by atoms with Crippen molar-refractivity contribution in [2.75, 3.05) is 46.9 Å². The Morgan fingerprint density at radius 2 is 1.76 bits per heavy atom. The highest BCUT2D eigenvalue weighted by Crippen LogP contribution is 2.27. The number of nitrogens with one attached hydrogen (secondary N) is 1. The number of ether oxygens (including phenoxy) is 2. The summed E-state index contributed by atoms with van der Waals surface area (Å²) in [6, 6.07) is 6.14. The molecule has 0 amide bonds. The maximum absolute atomic E-state index is 5.33. The number of rotatable bonds is 8. The molecule has 1 aliphatic heterocycles. The third-order valence-electron chi connectivity index (χ3n) is 4.09. The maximum atomic E-state index is 5.33. The van der Waals surface area contributed by atoms with Crippen molar-refractivity contribution >= 4 is 0 Å². The van der Waals surface area contributed by atoms with Crippen molar-refractivity contribution in [1.29, 1.82) is 0 Å². The van der Waals surface area contributed by atoms with Crippen LogP contribution in [-0.2, 0) is 6.42 Å². The van der Waals surface area contributed by atoms with Crippen LogP contribution in [0.4, 0.5) is 0 Å². The van der Waals surface area contributed by atoms with Gasteiger partial charge in [-0.25, -0.2) is 0 Å². The highest BCUT2D eigenvalue weighted by molar-refractivity contribution is 5.42. The molecular weight excluding hydrogens is 264 g/mol. The van der Waals surface area contributed by atoms with Crippen LogP contribution < -0.4 is 14.8 Å². The molecular formula is C17H28N2O2. The van der Waals surface area contributed by atoms with Crippen LogP contribution in [0.3, 0.4) is 0 Å². The van der Waals surface area contributed by atoms with Crippen LogP contribution in [0, 0.1) is 0 Å². The third kappa shape index (κ3) is 5.21. The maximum Gasteiger partial charge on any atom is 0.160 e. The van der Waals surface area contributed by atoms with Crippen molar-refractivity contribution < 1.29 is 9.47 Å². The largest absolute Gasteiger partial charge is 0.493 e. The molecule has 4 nitrogen and oxygen atoms in total. The molecule has 1 aliphatic rings. The standard InChI is InChI=1S/C17H28N2O2/c1-20-16-7-6-15(14-17(16)21-2)8-9-18-10-13-19-11-4-3-5-12-19/h6-7,14,18H,3-5,8-13H2,1-2H3. The lowest BCUT2D eigenvalue weighted by Crippen LogP contribution is -2.36. The molecule has 1 saturated heterocycles. The summed E-state index contributed by atoms with van der Waals surface area (Å²) in [6.07, 6.45) is 5.15. The van der Waals surface area contributed by atoms with Gasteiger partial charge in [-0.05, 0) is 56.6 Å². The van der Waals surface area contributed by atoms with Crippen LogP contribution in [0.15, 0.2) is 18.2 Å². The fourth-order valence-electron chi connectivity index (χ4n) is 2.81. The van der Waals surface area contributed by atoms with Gasteiger partial charge in [-0.1, -0.05) is 12.5 Å². The average Bonchev–Trinajstić information content (AvgIpc) is 2.55. The van der Waals surface area contributed by atoms with Gasteiger partial charge in [0.05, 0.1) is 14.2 Å². The number of benzene rings is 1. The highest BCUT2D eigenvalue weighted by Gasteiger charge is 2.08. The van der Waals surface area contributed by atoms with Gasteiger partial charge in [-0.3, -0.25) is 0 Å². The van der Waals surface area contributed by atoms with E-state index in [4.69, 9.17) is 9.47 Å². The van der Waals surface area contributed by atoms with Crippen molar-refractivity contribution in [2.45, 2.75) is 25.7 Å². The van der Waals surface area contributed by atoms with Crippen molar-refractivity contribution in [3.63, 3.8) is 0 Å². The second kappa shape index (κ2) is 8.90. The first-order valence-corrected chi connectivity index (χ1v) is 7.97. The van der Waals surface area contributed by atoms with E-state index >= 15 is 0 Å². The van der Waals surface area contributed by atoms with Gasteiger partial charge in [0.25, 0.3) is 0 Å². The summed E-state index contributed by atoms with van der Waals surface area (Å²) in [6.45, 7) is 5.80. The Bertz CT molecular complexity index is 417. The molecule has 0 spiro atoms. The lowest BCUT2D eigenvalue weighted by Gasteiger charge is -2.26. The van der Waals surface area contributed by atoms with Gasteiger partial charge in [0.1, 0.15) is 0 Å². The predicted molar refractivity (Wildman–Crippen MR) is 86.4 cm³/mol. The van der Waals surface area contributed by atoms with E-state index in [9.17, 15) is 0 Å². The zero-order valence-corrected chi connectivity index (χ0v) is 13.4. The second-order valence-corrected chi connectivity index (χ2v) is 5.59. The van der Waals surface area contributed by atoms with E-state index in [0.717, 1.165) is 31.0 Å². The Labute approximate surface area is 128 Å². The molecule has 0 atom stereocenters. The van der Waals surface area contributed by atoms with E-state index in [2.05, 4.69) is 22.3 Å². The Morgan fingerprint density at radius 3 is 2.48 bits per heavy atom. The van der Waals surface area contributed by atoms with Crippen molar-refractivity contribution in [1.82, 2.24) is 10.2 Å². The zero-order chi connectivity index (χ0) is 14.9. The number of hydrogen-bond acceptors (Lipinski definition) is 4. The van der Waals surface area contributed by atoms with Crippen LogP contribution in [0.1, 0.15) is 24.8 Å². The smallest absolute Gasteiger partial charge is 0.160 e. The molecule has 21 heavy (non-hydrogen) atoms. The summed E-state index contributed by atoms with van der Waals surface area (Å²) in [5.74, 6) is 1.60. The van der Waals surface area contributed by atoms with E-state index in [1.807, 2.05) is 6.07 Å². The molecule has 0 unspecified atom stereocenters. The molecule has 4 heteroatoms. The molecule has 0 aliphatic carbocycles. The highest BCUT2D eigenvalue weighted by atomic mass is 16.5. The SMILES string of the molecule is COc1ccc(CCNCCN2CCCCC2)cc1OC. The summed E-state index contributed by atoms with van der Waals surface area (Å²) in [5.41, 5.74) is 1.28. The minimum atomic E-state index is 0.791. The van der Waals surface area contributed by atoms with E-state index in [1.54, 1.807) is 14.2 Å². The van der Waals surface area contributed by atoms with Crippen molar-refractivity contribution in [3.8, 4) is 11.5 Å². The Hall–Kier alpha value is -1.26. The number of piperidine rings is 1. The molecule has 118 valence electrons. The van der Waals surface area contributed by atoms with Gasteiger partial charge in [0.2, 0.25) is 0 Å². The van der Waals surface area contributed by atoms with Crippen LogP contribution in [-0.4, -0.2) is 51.8 Å². The van der Waals surface area contributed by atoms with E-state index in [1.165, 1.54) is 44.5 Å². The quantitative estimate of drug-likeness (QED) is 0.746. The van der Waals surface area contributed by atoms with Gasteiger partial charge in [-0.15, -0.1) is 0 Å². The molecule has 0 aromatic heterocycles. The Balaban J connectivity index is 1.66. The van der Waals surface area contributed by atoms with Crippen LogP contribution in [0.25, 0.3) is 0 Å². The van der Waals surface area contributed by atoms with Gasteiger partial charge in [-0.2, -0.15) is 0 Å². The van der Waals surface area contributed by atoms with Gasteiger partial charge >= 0.3 is 0 Å². The van der Waals surface area contributed by atoms with Crippen molar-refractivity contribution in [2.24, 2.45) is 0 Å². The topological polar surface area (TPSA) is 33.7 Å². The van der Waals surface area contributed by atoms with E-state index in [-0.39, 0.29) is 0 Å². The predicted octanol–water partition coefficient (Wildman–Crippen LogP) is 2.32. The Morgan fingerprint density at radius 1 is 1.00 bits per heavy atom. The molecule has 0 saturated carbocycles. The lowest BCUT2D eigenvalue weighted by molar-refractivity contribution is 0.229. The second-order valence-electron chi connectivity index (χ2n) is 5.59. The third-order valence-corrected chi connectivity index (χ3v) is 4.09. The molecule has 0 radical (unpaired) electrons. The summed E-state index contributed by atoms with van der Waals surface area (Å²) in [5, 5.41) is 3.53. The molecule has 1 N–H and O–H groups in total. The molecule has 1 heterocycles. The first kappa shape index (κ1) is 16.1. The summed E-state index contributed by atoms with van der Waals surface area (Å²) < 4.78 is 10.6. The molecule has 1 aromatic rings. The fourth-order valence-corrected chi connectivity index (χ4v) is 2.81. The lowest BCUT2D eigenvalue weighted by atomic mass is 10.1. The molecule has 0 bridgehead atoms. The van der Waals surface area contributed by atoms with E-state index in [0.29, 0.717) is 0 Å². The van der Waals surface area contributed by atoms with E-state index < -0.39 is 0 Å². The van der Waals surface area contributed by atoms with Gasteiger partial charge in [0.15, 0.2) is 11.5 Å². The molecule has 1 fully saturated rings. The number of methoxy groups -OCH3 is 2.